The average molecular weight is 501 g/mol. The minimum Gasteiger partial charge on any atom is -0.496 e. The average Bonchev–Trinajstić information content (AvgIpc) is 2.83. The molecule has 3 aromatic rings. The molecule has 2 atom stereocenters. The minimum atomic E-state index is -3.97. The highest BCUT2D eigenvalue weighted by atomic mass is 35.5. The minimum absolute atomic E-state index is 0.118. The van der Waals surface area contributed by atoms with Crippen LogP contribution in [0.1, 0.15) is 24.1 Å². The number of carbonyl (C=O) groups is 1. The fourth-order valence-corrected chi connectivity index (χ4v) is 5.47. The van der Waals surface area contributed by atoms with Gasteiger partial charge in [-0.3, -0.25) is 9.10 Å². The Morgan fingerprint density at radius 2 is 1.85 bits per heavy atom. The lowest BCUT2D eigenvalue weighted by molar-refractivity contribution is -0.128. The number of amides is 1. The number of hydrogen-bond donors (Lipinski definition) is 1. The first-order valence-electron chi connectivity index (χ1n) is 10.7. The highest BCUT2D eigenvalue weighted by Gasteiger charge is 2.38. The van der Waals surface area contributed by atoms with E-state index < -0.39 is 22.0 Å². The Labute approximate surface area is 204 Å². The maximum Gasteiger partial charge on any atom is 0.264 e. The van der Waals surface area contributed by atoms with Crippen molar-refractivity contribution in [3.63, 3.8) is 0 Å². The van der Waals surface area contributed by atoms with E-state index in [9.17, 15) is 13.2 Å². The molecular formula is C25H25ClN2O5S. The number of halogens is 1. The van der Waals surface area contributed by atoms with Crippen molar-refractivity contribution in [1.29, 1.82) is 0 Å². The lowest BCUT2D eigenvalue weighted by atomic mass is 10.1. The summed E-state index contributed by atoms with van der Waals surface area (Å²) in [4.78, 5) is 13.3. The number of sulfonamides is 1. The number of methoxy groups -OCH3 is 1. The van der Waals surface area contributed by atoms with Crippen LogP contribution in [-0.4, -0.2) is 34.1 Å². The van der Waals surface area contributed by atoms with Crippen LogP contribution < -0.4 is 19.1 Å². The van der Waals surface area contributed by atoms with Gasteiger partial charge in [0.2, 0.25) is 0 Å². The van der Waals surface area contributed by atoms with E-state index in [0.29, 0.717) is 10.8 Å². The second-order valence-corrected chi connectivity index (χ2v) is 10.3. The van der Waals surface area contributed by atoms with E-state index in [1.165, 1.54) is 10.4 Å². The van der Waals surface area contributed by atoms with E-state index in [1.807, 2.05) is 38.1 Å². The van der Waals surface area contributed by atoms with Crippen molar-refractivity contribution in [3.8, 4) is 11.5 Å². The summed E-state index contributed by atoms with van der Waals surface area (Å²) in [6.45, 7) is 3.50. The third-order valence-corrected chi connectivity index (χ3v) is 7.69. The van der Waals surface area contributed by atoms with Gasteiger partial charge in [-0.15, -0.1) is 0 Å². The van der Waals surface area contributed by atoms with Gasteiger partial charge in [0.1, 0.15) is 11.5 Å². The summed E-state index contributed by atoms with van der Waals surface area (Å²) < 4.78 is 39.6. The fraction of sp³-hybridized carbons (Fsp3) is 0.240. The third-order valence-electron chi connectivity index (χ3n) is 5.66. The van der Waals surface area contributed by atoms with E-state index in [2.05, 4.69) is 5.32 Å². The highest BCUT2D eigenvalue weighted by molar-refractivity contribution is 7.92. The second-order valence-electron chi connectivity index (χ2n) is 8.04. The normalized spacial score (nSPS) is 16.2. The van der Waals surface area contributed by atoms with E-state index in [0.717, 1.165) is 11.1 Å². The van der Waals surface area contributed by atoms with E-state index in [1.54, 1.807) is 43.5 Å². The Morgan fingerprint density at radius 3 is 2.56 bits per heavy atom. The molecule has 0 saturated heterocycles. The number of para-hydroxylation sites is 1. The fourth-order valence-electron chi connectivity index (χ4n) is 3.83. The number of ether oxygens (including phenoxy) is 2. The molecule has 3 aromatic carbocycles. The molecular weight excluding hydrogens is 476 g/mol. The summed E-state index contributed by atoms with van der Waals surface area (Å²) in [5.41, 5.74) is 2.02. The number of aryl methyl sites for hydroxylation is 1. The van der Waals surface area contributed by atoms with Crippen molar-refractivity contribution in [2.24, 2.45) is 0 Å². The molecule has 1 aliphatic rings. The van der Waals surface area contributed by atoms with Crippen LogP contribution in [0.25, 0.3) is 0 Å². The first-order chi connectivity index (χ1) is 16.2. The highest BCUT2D eigenvalue weighted by Crippen LogP contribution is 2.39. The van der Waals surface area contributed by atoms with Crippen LogP contribution in [0.3, 0.4) is 0 Å². The van der Waals surface area contributed by atoms with Gasteiger partial charge in [0.25, 0.3) is 15.9 Å². The van der Waals surface area contributed by atoms with Crippen LogP contribution >= 0.6 is 11.6 Å². The zero-order valence-corrected chi connectivity index (χ0v) is 20.6. The van der Waals surface area contributed by atoms with Gasteiger partial charge in [0, 0.05) is 10.6 Å². The molecule has 178 valence electrons. The topological polar surface area (TPSA) is 84.9 Å². The lowest BCUT2D eigenvalue weighted by Gasteiger charge is -2.35. The number of anilines is 1. The molecule has 0 fully saturated rings. The summed E-state index contributed by atoms with van der Waals surface area (Å²) in [7, 11) is -2.41. The molecule has 0 radical (unpaired) electrons. The predicted octanol–water partition coefficient (Wildman–Crippen LogP) is 4.49. The first kappa shape index (κ1) is 23.9. The van der Waals surface area contributed by atoms with E-state index in [4.69, 9.17) is 21.1 Å². The van der Waals surface area contributed by atoms with Crippen LogP contribution in [0.15, 0.2) is 71.6 Å². The molecule has 0 saturated carbocycles. The molecule has 9 heteroatoms. The first-order valence-corrected chi connectivity index (χ1v) is 12.5. The molecule has 0 spiro atoms. The monoisotopic (exact) mass is 500 g/mol. The number of nitrogens with zero attached hydrogens (tertiary/aromatic N) is 1. The van der Waals surface area contributed by atoms with Gasteiger partial charge in [-0.25, -0.2) is 8.42 Å². The largest absolute Gasteiger partial charge is 0.496 e. The number of nitrogens with one attached hydrogen (secondary N) is 1. The zero-order chi connectivity index (χ0) is 24.5. The summed E-state index contributed by atoms with van der Waals surface area (Å²) >= 11 is 6.15. The Kier molecular flexibility index (Phi) is 6.72. The number of rotatable bonds is 6. The van der Waals surface area contributed by atoms with Crippen molar-refractivity contribution in [2.45, 2.75) is 30.9 Å². The Bertz CT molecular complexity index is 1310. The Balaban J connectivity index is 1.65. The number of hydrogen-bond acceptors (Lipinski definition) is 5. The summed E-state index contributed by atoms with van der Waals surface area (Å²) in [6, 6.07) is 18.2. The molecule has 1 aliphatic heterocycles. The standard InChI is InChI=1S/C25H25ClN2O5S/c1-16-8-11-19(12-9-16)34(30,31)28-15-24(33-23-13-10-18(26)14-21(23)28)25(29)27-17(2)20-6-4-5-7-22(20)32-3/h4-14,17,24H,15H2,1-3H3,(H,27,29)/t17-,24-/m0/s1. The van der Waals surface area contributed by atoms with Gasteiger partial charge < -0.3 is 14.8 Å². The molecule has 34 heavy (non-hydrogen) atoms. The van der Waals surface area contributed by atoms with Gasteiger partial charge in [0.15, 0.2) is 6.10 Å². The molecule has 7 nitrogen and oxygen atoms in total. The lowest BCUT2D eigenvalue weighted by Crippen LogP contribution is -2.51. The number of benzene rings is 3. The summed E-state index contributed by atoms with van der Waals surface area (Å²) in [5, 5.41) is 3.27. The summed E-state index contributed by atoms with van der Waals surface area (Å²) in [5.74, 6) is 0.461. The molecule has 0 bridgehead atoms. The van der Waals surface area contributed by atoms with Gasteiger partial charge in [0.05, 0.1) is 30.3 Å². The van der Waals surface area contributed by atoms with Crippen LogP contribution in [0.2, 0.25) is 5.02 Å². The van der Waals surface area contributed by atoms with Gasteiger partial charge in [-0.05, 0) is 50.2 Å². The molecule has 0 aliphatic carbocycles. The van der Waals surface area contributed by atoms with Crippen LogP contribution in [0, 0.1) is 6.92 Å². The van der Waals surface area contributed by atoms with Crippen LogP contribution in [0.4, 0.5) is 5.69 Å². The maximum absolute atomic E-state index is 13.5. The molecule has 1 N–H and O–H groups in total. The number of fused-ring (bicyclic) bond motifs is 1. The van der Waals surface area contributed by atoms with E-state index >= 15 is 0 Å². The van der Waals surface area contributed by atoms with Gasteiger partial charge in [-0.1, -0.05) is 47.5 Å². The third kappa shape index (κ3) is 4.69. The summed E-state index contributed by atoms with van der Waals surface area (Å²) in [6.07, 6.45) is -1.06. The predicted molar refractivity (Wildman–Crippen MR) is 131 cm³/mol. The second kappa shape index (κ2) is 9.56. The van der Waals surface area contributed by atoms with Crippen LogP contribution in [-0.2, 0) is 14.8 Å². The molecule has 4 rings (SSSR count). The molecule has 1 amide bonds. The van der Waals surface area contributed by atoms with Crippen molar-refractivity contribution in [1.82, 2.24) is 5.32 Å². The Morgan fingerprint density at radius 1 is 1.15 bits per heavy atom. The van der Waals surface area contributed by atoms with Gasteiger partial charge >= 0.3 is 0 Å². The van der Waals surface area contributed by atoms with Gasteiger partial charge in [-0.2, -0.15) is 0 Å². The quantitative estimate of drug-likeness (QED) is 0.539. The van der Waals surface area contributed by atoms with Crippen molar-refractivity contribution >= 4 is 33.2 Å². The Hall–Kier alpha value is -3.23. The molecule has 0 aromatic heterocycles. The number of carbonyl (C=O) groups excluding carboxylic acids is 1. The van der Waals surface area contributed by atoms with Crippen LogP contribution in [0.5, 0.6) is 11.5 Å². The van der Waals surface area contributed by atoms with Crippen molar-refractivity contribution < 1.29 is 22.7 Å². The van der Waals surface area contributed by atoms with Crippen molar-refractivity contribution in [2.75, 3.05) is 18.0 Å². The van der Waals surface area contributed by atoms with E-state index in [-0.39, 0.29) is 28.9 Å². The zero-order valence-electron chi connectivity index (χ0n) is 19.0. The van der Waals surface area contributed by atoms with Crippen molar-refractivity contribution in [3.05, 3.63) is 82.9 Å². The smallest absolute Gasteiger partial charge is 0.264 e. The SMILES string of the molecule is COc1ccccc1[C@H](C)NC(=O)[C@@H]1CN(S(=O)(=O)c2ccc(C)cc2)c2cc(Cl)ccc2O1. The molecule has 1 heterocycles. The maximum atomic E-state index is 13.5. The molecule has 0 unspecified atom stereocenters.